The van der Waals surface area contributed by atoms with E-state index in [1.54, 1.807) is 12.1 Å². The maximum atomic E-state index is 11.0. The number of hydrogen-bond donors (Lipinski definition) is 1. The first kappa shape index (κ1) is 12.6. The summed E-state index contributed by atoms with van der Waals surface area (Å²) in [7, 11) is 0. The monoisotopic (exact) mass is 261 g/mol. The van der Waals surface area contributed by atoms with E-state index < -0.39 is 5.97 Å². The molecule has 1 heterocycles. The van der Waals surface area contributed by atoms with Crippen molar-refractivity contribution < 1.29 is 14.6 Å². The largest absolute Gasteiger partial charge is 0.478 e. The normalized spacial score (nSPS) is 27.2. The van der Waals surface area contributed by atoms with Gasteiger partial charge in [0.15, 0.2) is 0 Å². The van der Waals surface area contributed by atoms with Gasteiger partial charge in [-0.1, -0.05) is 12.1 Å². The van der Waals surface area contributed by atoms with Gasteiger partial charge in [-0.2, -0.15) is 0 Å². The third-order valence-electron chi connectivity index (χ3n) is 4.16. The van der Waals surface area contributed by atoms with E-state index in [2.05, 4.69) is 4.90 Å². The number of rotatable bonds is 3. The predicted octanol–water partition coefficient (Wildman–Crippen LogP) is 2.14. The summed E-state index contributed by atoms with van der Waals surface area (Å²) in [5.41, 5.74) is 1.45. The Labute approximate surface area is 113 Å². The summed E-state index contributed by atoms with van der Waals surface area (Å²) in [6.07, 6.45) is 3.98. The van der Waals surface area contributed by atoms with E-state index in [4.69, 9.17) is 9.84 Å². The number of aromatic carboxylic acids is 1. The third-order valence-corrected chi connectivity index (χ3v) is 4.16. The topological polar surface area (TPSA) is 49.8 Å². The fraction of sp³-hybridized carbons (Fsp3) is 0.533. The molecule has 19 heavy (non-hydrogen) atoms. The quantitative estimate of drug-likeness (QED) is 0.905. The molecule has 1 aromatic carbocycles. The Bertz CT molecular complexity index is 474. The first-order valence-electron chi connectivity index (χ1n) is 6.92. The summed E-state index contributed by atoms with van der Waals surface area (Å²) >= 11 is 0. The molecule has 1 aromatic rings. The van der Waals surface area contributed by atoms with E-state index in [1.807, 2.05) is 12.1 Å². The molecule has 1 saturated heterocycles. The van der Waals surface area contributed by atoms with Gasteiger partial charge in [0.1, 0.15) is 0 Å². The molecule has 2 fully saturated rings. The summed E-state index contributed by atoms with van der Waals surface area (Å²) in [5.74, 6) is -0.859. The number of nitrogens with zero attached hydrogens (tertiary/aromatic N) is 1. The van der Waals surface area contributed by atoms with Gasteiger partial charge in [-0.25, -0.2) is 4.79 Å². The van der Waals surface area contributed by atoms with Crippen LogP contribution in [0.3, 0.4) is 0 Å². The summed E-state index contributed by atoms with van der Waals surface area (Å²) in [4.78, 5) is 13.4. The van der Waals surface area contributed by atoms with Gasteiger partial charge in [0.05, 0.1) is 18.3 Å². The highest BCUT2D eigenvalue weighted by Crippen LogP contribution is 2.30. The zero-order valence-corrected chi connectivity index (χ0v) is 10.9. The number of benzene rings is 1. The molecular formula is C15H19NO3. The highest BCUT2D eigenvalue weighted by atomic mass is 16.5. The lowest BCUT2D eigenvalue weighted by Crippen LogP contribution is -2.47. The third kappa shape index (κ3) is 2.65. The van der Waals surface area contributed by atoms with Crippen molar-refractivity contribution in [2.75, 3.05) is 13.2 Å². The van der Waals surface area contributed by atoms with Crippen molar-refractivity contribution in [3.63, 3.8) is 0 Å². The Balaban J connectivity index is 1.73. The van der Waals surface area contributed by atoms with Crippen LogP contribution in [0.15, 0.2) is 24.3 Å². The molecular weight excluding hydrogens is 242 g/mol. The summed E-state index contributed by atoms with van der Waals surface area (Å²) in [6, 6.07) is 7.77. The van der Waals surface area contributed by atoms with E-state index >= 15 is 0 Å². The Hall–Kier alpha value is -1.39. The van der Waals surface area contributed by atoms with Crippen LogP contribution in [0.4, 0.5) is 0 Å². The van der Waals surface area contributed by atoms with Crippen molar-refractivity contribution in [3.05, 3.63) is 35.4 Å². The predicted molar refractivity (Wildman–Crippen MR) is 71.2 cm³/mol. The molecule has 0 amide bonds. The molecule has 4 nitrogen and oxygen atoms in total. The minimum Gasteiger partial charge on any atom is -0.478 e. The van der Waals surface area contributed by atoms with Crippen molar-refractivity contribution in [1.82, 2.24) is 4.90 Å². The molecule has 3 rings (SSSR count). The molecule has 0 radical (unpaired) electrons. The first-order valence-corrected chi connectivity index (χ1v) is 6.92. The molecule has 0 spiro atoms. The Kier molecular flexibility index (Phi) is 3.53. The summed E-state index contributed by atoms with van der Waals surface area (Å²) in [5, 5.41) is 9.03. The van der Waals surface area contributed by atoms with Gasteiger partial charge in [0.2, 0.25) is 0 Å². The number of ether oxygens (including phenoxy) is 1. The zero-order chi connectivity index (χ0) is 13.2. The van der Waals surface area contributed by atoms with Crippen LogP contribution >= 0.6 is 0 Å². The van der Waals surface area contributed by atoms with E-state index in [-0.39, 0.29) is 0 Å². The number of fused-ring (bicyclic) bond motifs is 1. The second-order valence-corrected chi connectivity index (χ2v) is 5.38. The fourth-order valence-electron chi connectivity index (χ4n) is 3.24. The van der Waals surface area contributed by atoms with Gasteiger partial charge in [-0.15, -0.1) is 0 Å². The fourth-order valence-corrected chi connectivity index (χ4v) is 3.24. The second kappa shape index (κ2) is 5.31. The van der Waals surface area contributed by atoms with Gasteiger partial charge in [0, 0.05) is 19.1 Å². The van der Waals surface area contributed by atoms with Crippen LogP contribution in [0, 0.1) is 0 Å². The van der Waals surface area contributed by atoms with Crippen LogP contribution in [0.25, 0.3) is 0 Å². The lowest BCUT2D eigenvalue weighted by molar-refractivity contribution is -0.0588. The smallest absolute Gasteiger partial charge is 0.335 e. The number of carboxylic acids is 1. The molecule has 1 N–H and O–H groups in total. The molecule has 1 aliphatic heterocycles. The van der Waals surface area contributed by atoms with Gasteiger partial charge < -0.3 is 9.84 Å². The summed E-state index contributed by atoms with van der Waals surface area (Å²) < 4.78 is 5.80. The van der Waals surface area contributed by atoms with Crippen LogP contribution in [-0.4, -0.2) is 41.3 Å². The zero-order valence-electron chi connectivity index (χ0n) is 10.9. The average Bonchev–Trinajstić information content (AvgIpc) is 2.88. The van der Waals surface area contributed by atoms with Gasteiger partial charge in [-0.05, 0) is 37.0 Å². The molecule has 2 unspecified atom stereocenters. The highest BCUT2D eigenvalue weighted by Gasteiger charge is 2.35. The average molecular weight is 261 g/mol. The van der Waals surface area contributed by atoms with Crippen LogP contribution < -0.4 is 0 Å². The molecule has 1 saturated carbocycles. The maximum absolute atomic E-state index is 11.0. The minimum absolute atomic E-state index is 0.369. The SMILES string of the molecule is O=C(O)c1cccc(CN2CCOC3CCCC32)c1. The Morgan fingerprint density at radius 3 is 3.16 bits per heavy atom. The molecule has 0 bridgehead atoms. The van der Waals surface area contributed by atoms with E-state index in [1.165, 1.54) is 12.8 Å². The van der Waals surface area contributed by atoms with Crippen molar-refractivity contribution in [3.8, 4) is 0 Å². The number of carbonyl (C=O) groups is 1. The number of hydrogen-bond acceptors (Lipinski definition) is 3. The molecule has 102 valence electrons. The standard InChI is InChI=1S/C15H19NO3/c17-15(18)12-4-1-3-11(9-12)10-16-7-8-19-14-6-2-5-13(14)16/h1,3-4,9,13-14H,2,5-8,10H2,(H,17,18). The lowest BCUT2D eigenvalue weighted by atomic mass is 10.1. The van der Waals surface area contributed by atoms with Crippen molar-refractivity contribution in [2.24, 2.45) is 0 Å². The van der Waals surface area contributed by atoms with Gasteiger partial charge in [-0.3, -0.25) is 4.90 Å². The van der Waals surface area contributed by atoms with Crippen LogP contribution in [0.1, 0.15) is 35.2 Å². The molecule has 2 atom stereocenters. The van der Waals surface area contributed by atoms with E-state index in [0.29, 0.717) is 17.7 Å². The van der Waals surface area contributed by atoms with E-state index in [9.17, 15) is 4.79 Å². The van der Waals surface area contributed by atoms with Crippen molar-refractivity contribution in [1.29, 1.82) is 0 Å². The molecule has 4 heteroatoms. The lowest BCUT2D eigenvalue weighted by Gasteiger charge is -2.37. The second-order valence-electron chi connectivity index (χ2n) is 5.38. The number of carboxylic acid groups (broad SMARTS) is 1. The molecule has 1 aliphatic carbocycles. The van der Waals surface area contributed by atoms with Crippen molar-refractivity contribution in [2.45, 2.75) is 38.0 Å². The Morgan fingerprint density at radius 1 is 1.42 bits per heavy atom. The van der Waals surface area contributed by atoms with Crippen LogP contribution in [0.5, 0.6) is 0 Å². The van der Waals surface area contributed by atoms with Crippen molar-refractivity contribution >= 4 is 5.97 Å². The van der Waals surface area contributed by atoms with Crippen LogP contribution in [0.2, 0.25) is 0 Å². The molecule has 2 aliphatic rings. The maximum Gasteiger partial charge on any atom is 0.335 e. The van der Waals surface area contributed by atoms with E-state index in [0.717, 1.165) is 31.7 Å². The number of morpholine rings is 1. The highest BCUT2D eigenvalue weighted by molar-refractivity contribution is 5.87. The Morgan fingerprint density at radius 2 is 2.32 bits per heavy atom. The molecule has 0 aromatic heterocycles. The van der Waals surface area contributed by atoms with Gasteiger partial charge >= 0.3 is 5.97 Å². The summed E-state index contributed by atoms with van der Waals surface area (Å²) in [6.45, 7) is 2.56. The van der Waals surface area contributed by atoms with Crippen LogP contribution in [-0.2, 0) is 11.3 Å². The first-order chi connectivity index (χ1) is 9.24. The minimum atomic E-state index is -0.859. The van der Waals surface area contributed by atoms with Gasteiger partial charge in [0.25, 0.3) is 0 Å².